The smallest absolute Gasteiger partial charge is 0.227 e. The molecule has 2 aromatic carbocycles. The Balaban J connectivity index is 1.82. The third-order valence-electron chi connectivity index (χ3n) is 5.03. The van der Waals surface area contributed by atoms with E-state index < -0.39 is 0 Å². The van der Waals surface area contributed by atoms with Crippen LogP contribution in [0.15, 0.2) is 52.9 Å². The molecule has 1 aliphatic heterocycles. The molecule has 0 bridgehead atoms. The summed E-state index contributed by atoms with van der Waals surface area (Å²) in [6.45, 7) is 4.94. The minimum absolute atomic E-state index is 0.711. The van der Waals surface area contributed by atoms with Crippen LogP contribution in [-0.4, -0.2) is 18.7 Å². The van der Waals surface area contributed by atoms with Crippen LogP contribution in [0.3, 0.4) is 0 Å². The van der Waals surface area contributed by atoms with Crippen molar-refractivity contribution in [2.24, 2.45) is 0 Å². The van der Waals surface area contributed by atoms with Gasteiger partial charge >= 0.3 is 0 Å². The molecule has 4 nitrogen and oxygen atoms in total. The zero-order valence-corrected chi connectivity index (χ0v) is 14.6. The van der Waals surface area contributed by atoms with E-state index in [9.17, 15) is 0 Å². The fraction of sp³-hybridized carbons (Fsp3) is 0.190. The highest BCUT2D eigenvalue weighted by atomic mass is 16.3. The molecule has 1 aliphatic rings. The van der Waals surface area contributed by atoms with Crippen LogP contribution in [0.25, 0.3) is 22.1 Å². The van der Waals surface area contributed by atoms with E-state index >= 15 is 0 Å². The number of furan rings is 1. The van der Waals surface area contributed by atoms with Gasteiger partial charge in [0.2, 0.25) is 5.71 Å². The summed E-state index contributed by atoms with van der Waals surface area (Å²) in [4.78, 5) is 9.17. The van der Waals surface area contributed by atoms with Gasteiger partial charge in [-0.15, -0.1) is 0 Å². The topological polar surface area (TPSA) is 32.5 Å². The monoisotopic (exact) mass is 329 g/mol. The second-order valence-corrected chi connectivity index (χ2v) is 6.77. The highest BCUT2D eigenvalue weighted by molar-refractivity contribution is 6.09. The molecule has 3 heterocycles. The predicted octanol–water partition coefficient (Wildman–Crippen LogP) is 5.14. The van der Waals surface area contributed by atoms with E-state index in [4.69, 9.17) is 4.42 Å². The third kappa shape index (κ3) is 1.97. The van der Waals surface area contributed by atoms with Crippen LogP contribution in [0.4, 0.5) is 17.1 Å². The average Bonchev–Trinajstić information content (AvgIpc) is 3.12. The lowest BCUT2D eigenvalue weighted by Crippen LogP contribution is -2.24. The molecule has 0 spiro atoms. The normalized spacial score (nSPS) is 13.9. The van der Waals surface area contributed by atoms with Gasteiger partial charge in [0, 0.05) is 23.5 Å². The Labute approximate surface area is 146 Å². The first-order valence-electron chi connectivity index (χ1n) is 8.50. The number of nitrogens with zero attached hydrogens (tertiary/aromatic N) is 3. The highest BCUT2D eigenvalue weighted by Crippen LogP contribution is 2.45. The van der Waals surface area contributed by atoms with Gasteiger partial charge in [0.25, 0.3) is 0 Å². The van der Waals surface area contributed by atoms with Gasteiger partial charge in [-0.2, -0.15) is 0 Å². The molecule has 0 fully saturated rings. The van der Waals surface area contributed by atoms with Gasteiger partial charge in [0.1, 0.15) is 0 Å². The van der Waals surface area contributed by atoms with E-state index in [-0.39, 0.29) is 0 Å². The Morgan fingerprint density at radius 2 is 1.68 bits per heavy atom. The van der Waals surface area contributed by atoms with E-state index in [1.807, 2.05) is 13.0 Å². The Bertz CT molecular complexity index is 1130. The quantitative estimate of drug-likeness (QED) is 0.484. The Morgan fingerprint density at radius 1 is 0.920 bits per heavy atom. The van der Waals surface area contributed by atoms with Gasteiger partial charge in [-0.05, 0) is 43.7 Å². The van der Waals surface area contributed by atoms with Gasteiger partial charge in [-0.25, -0.2) is 4.98 Å². The summed E-state index contributed by atoms with van der Waals surface area (Å²) >= 11 is 0. The van der Waals surface area contributed by atoms with Crippen molar-refractivity contribution in [3.8, 4) is 0 Å². The van der Waals surface area contributed by atoms with Crippen LogP contribution in [0.5, 0.6) is 0 Å². The van der Waals surface area contributed by atoms with Gasteiger partial charge in [0.05, 0.1) is 23.7 Å². The number of hydrogen-bond donors (Lipinski definition) is 0. The summed E-state index contributed by atoms with van der Waals surface area (Å²) in [5, 5.41) is 2.19. The summed E-state index contributed by atoms with van der Waals surface area (Å²) in [5.41, 5.74) is 7.38. The minimum atomic E-state index is 0.711. The first-order valence-corrected chi connectivity index (χ1v) is 8.50. The predicted molar refractivity (Wildman–Crippen MR) is 103 cm³/mol. The second kappa shape index (κ2) is 4.99. The van der Waals surface area contributed by atoms with Gasteiger partial charge in [-0.1, -0.05) is 24.3 Å². The van der Waals surface area contributed by atoms with Crippen molar-refractivity contribution in [2.75, 3.05) is 23.5 Å². The SMILES string of the molecule is Cc1ccc2c(n1)oc1c(N3CN(C)c4ccccc43)c(C)ccc12. The lowest BCUT2D eigenvalue weighted by molar-refractivity contribution is 0.651. The molecule has 0 atom stereocenters. The van der Waals surface area contributed by atoms with Crippen LogP contribution in [0.1, 0.15) is 11.3 Å². The Kier molecular flexibility index (Phi) is 2.86. The maximum Gasteiger partial charge on any atom is 0.227 e. The molecule has 25 heavy (non-hydrogen) atoms. The van der Waals surface area contributed by atoms with E-state index in [0.29, 0.717) is 5.71 Å². The van der Waals surface area contributed by atoms with Crippen LogP contribution in [-0.2, 0) is 0 Å². The van der Waals surface area contributed by atoms with Crippen LogP contribution in [0.2, 0.25) is 0 Å². The molecule has 0 radical (unpaired) electrons. The number of rotatable bonds is 1. The minimum Gasteiger partial charge on any atom is -0.435 e. The number of aryl methyl sites for hydroxylation is 2. The molecule has 0 N–H and O–H groups in total. The molecule has 4 heteroatoms. The first kappa shape index (κ1) is 14.3. The van der Waals surface area contributed by atoms with Gasteiger partial charge < -0.3 is 14.2 Å². The fourth-order valence-electron chi connectivity index (χ4n) is 3.80. The highest BCUT2D eigenvalue weighted by Gasteiger charge is 2.28. The number of fused-ring (bicyclic) bond motifs is 4. The van der Waals surface area contributed by atoms with Crippen molar-refractivity contribution in [1.29, 1.82) is 0 Å². The largest absolute Gasteiger partial charge is 0.435 e. The molecule has 0 amide bonds. The molecule has 0 unspecified atom stereocenters. The average molecular weight is 329 g/mol. The standard InChI is InChI=1S/C21H19N3O/c1-13-8-10-15-16-11-9-14(2)22-21(16)25-20(15)19(13)24-12-23(3)17-6-4-5-7-18(17)24/h4-11H,12H2,1-3H3. The first-order chi connectivity index (χ1) is 12.1. The van der Waals surface area contributed by atoms with E-state index in [2.05, 4.69) is 71.2 Å². The zero-order chi connectivity index (χ0) is 17.1. The second-order valence-electron chi connectivity index (χ2n) is 6.77. The van der Waals surface area contributed by atoms with Gasteiger partial charge in [0.15, 0.2) is 5.58 Å². The summed E-state index contributed by atoms with van der Waals surface area (Å²) in [6, 6.07) is 17.0. The number of benzene rings is 2. The Morgan fingerprint density at radius 3 is 2.52 bits per heavy atom. The van der Waals surface area contributed by atoms with Crippen LogP contribution >= 0.6 is 0 Å². The van der Waals surface area contributed by atoms with E-state index in [1.54, 1.807) is 0 Å². The maximum absolute atomic E-state index is 6.24. The summed E-state index contributed by atoms with van der Waals surface area (Å²) in [7, 11) is 2.12. The molecule has 124 valence electrons. The number of hydrogen-bond acceptors (Lipinski definition) is 4. The molecule has 5 rings (SSSR count). The van der Waals surface area contributed by atoms with Gasteiger partial charge in [-0.3, -0.25) is 0 Å². The molecule has 2 aromatic heterocycles. The van der Waals surface area contributed by atoms with Crippen molar-refractivity contribution in [1.82, 2.24) is 4.98 Å². The van der Waals surface area contributed by atoms with Crippen molar-refractivity contribution in [3.63, 3.8) is 0 Å². The number of anilines is 3. The summed E-state index contributed by atoms with van der Waals surface area (Å²) in [6.07, 6.45) is 0. The van der Waals surface area contributed by atoms with Crippen molar-refractivity contribution in [3.05, 3.63) is 59.8 Å². The maximum atomic E-state index is 6.24. The summed E-state index contributed by atoms with van der Waals surface area (Å²) in [5.74, 6) is 0. The molecular formula is C21H19N3O. The molecular weight excluding hydrogens is 310 g/mol. The van der Waals surface area contributed by atoms with E-state index in [1.165, 1.54) is 16.9 Å². The lowest BCUT2D eigenvalue weighted by Gasteiger charge is -2.21. The molecule has 0 saturated heterocycles. The van der Waals surface area contributed by atoms with Crippen LogP contribution < -0.4 is 9.80 Å². The zero-order valence-electron chi connectivity index (χ0n) is 14.6. The number of pyridine rings is 1. The summed E-state index contributed by atoms with van der Waals surface area (Å²) < 4.78 is 6.24. The van der Waals surface area contributed by atoms with Crippen molar-refractivity contribution < 1.29 is 4.42 Å². The molecule has 4 aromatic rings. The van der Waals surface area contributed by atoms with Crippen molar-refractivity contribution >= 4 is 39.1 Å². The van der Waals surface area contributed by atoms with Crippen LogP contribution in [0, 0.1) is 13.8 Å². The van der Waals surface area contributed by atoms with E-state index in [0.717, 1.165) is 34.4 Å². The Hall–Kier alpha value is -3.01. The third-order valence-corrected chi connectivity index (χ3v) is 5.03. The molecule has 0 aliphatic carbocycles. The fourth-order valence-corrected chi connectivity index (χ4v) is 3.80. The van der Waals surface area contributed by atoms with Crippen molar-refractivity contribution in [2.45, 2.75) is 13.8 Å². The lowest BCUT2D eigenvalue weighted by atomic mass is 10.1. The number of aromatic nitrogens is 1. The molecule has 0 saturated carbocycles. The number of para-hydroxylation sites is 2.